The second kappa shape index (κ2) is 12.6. The van der Waals surface area contributed by atoms with Crippen LogP contribution in [0.3, 0.4) is 0 Å². The quantitative estimate of drug-likeness (QED) is 0.168. The highest BCUT2D eigenvalue weighted by molar-refractivity contribution is 6.18. The average molecular weight is 702 g/mol. The van der Waals surface area contributed by atoms with Crippen molar-refractivity contribution in [2.24, 2.45) is 0 Å². The van der Waals surface area contributed by atoms with Crippen molar-refractivity contribution >= 4 is 71.4 Å². The van der Waals surface area contributed by atoms with Gasteiger partial charge in [0.1, 0.15) is 0 Å². The average Bonchev–Trinajstić information content (AvgIpc) is 3.78. The summed E-state index contributed by atoms with van der Waals surface area (Å²) < 4.78 is 4.82. The lowest BCUT2D eigenvalue weighted by molar-refractivity contribution is 1.17. The molecular weight excluding hydrogens is 667 g/mol. The molecule has 2 aromatic heterocycles. The van der Waals surface area contributed by atoms with E-state index in [-0.39, 0.29) is 0 Å². The van der Waals surface area contributed by atoms with E-state index in [2.05, 4.69) is 226 Å². The van der Waals surface area contributed by atoms with Gasteiger partial charge in [0.25, 0.3) is 0 Å². The van der Waals surface area contributed by atoms with Crippen LogP contribution >= 0.6 is 0 Å². The Hall–Kier alpha value is -7.36. The Labute approximate surface area is 319 Å². The Morgan fingerprint density at radius 2 is 0.782 bits per heavy atom. The van der Waals surface area contributed by atoms with E-state index >= 15 is 0 Å². The molecule has 2 heterocycles. The van der Waals surface area contributed by atoms with E-state index in [1.54, 1.807) is 0 Å². The number of hydrogen-bond donors (Lipinski definition) is 0. The van der Waals surface area contributed by atoms with Gasteiger partial charge in [-0.1, -0.05) is 140 Å². The Kier molecular flexibility index (Phi) is 7.17. The highest BCUT2D eigenvalue weighted by Crippen LogP contribution is 2.42. The summed E-state index contributed by atoms with van der Waals surface area (Å²) in [7, 11) is 0. The number of nitrogens with zero attached hydrogens (tertiary/aromatic N) is 3. The van der Waals surface area contributed by atoms with Crippen LogP contribution < -0.4 is 4.90 Å². The third-order valence-electron chi connectivity index (χ3n) is 11.1. The third-order valence-corrected chi connectivity index (χ3v) is 11.1. The van der Waals surface area contributed by atoms with Crippen molar-refractivity contribution in [1.29, 1.82) is 0 Å². The molecule has 0 amide bonds. The zero-order valence-corrected chi connectivity index (χ0v) is 30.0. The molecule has 3 nitrogen and oxygen atoms in total. The van der Waals surface area contributed by atoms with Crippen LogP contribution in [-0.4, -0.2) is 9.13 Å². The maximum atomic E-state index is 2.43. The summed E-state index contributed by atoms with van der Waals surface area (Å²) in [6.07, 6.45) is 0. The van der Waals surface area contributed by atoms with E-state index in [1.807, 2.05) is 0 Å². The molecule has 0 spiro atoms. The number of benzene rings is 9. The summed E-state index contributed by atoms with van der Waals surface area (Å²) >= 11 is 0. The largest absolute Gasteiger partial charge is 0.310 e. The van der Waals surface area contributed by atoms with Gasteiger partial charge in [0.15, 0.2) is 0 Å². The van der Waals surface area contributed by atoms with Gasteiger partial charge in [0.05, 0.1) is 22.1 Å². The maximum absolute atomic E-state index is 2.43. The summed E-state index contributed by atoms with van der Waals surface area (Å²) in [5, 5.41) is 7.49. The fourth-order valence-corrected chi connectivity index (χ4v) is 8.58. The zero-order valence-electron chi connectivity index (χ0n) is 30.0. The van der Waals surface area contributed by atoms with Gasteiger partial charge in [-0.15, -0.1) is 0 Å². The van der Waals surface area contributed by atoms with Crippen molar-refractivity contribution < 1.29 is 0 Å². The van der Waals surface area contributed by atoms with Crippen molar-refractivity contribution in [3.05, 3.63) is 212 Å². The highest BCUT2D eigenvalue weighted by atomic mass is 15.1. The lowest BCUT2D eigenvalue weighted by Crippen LogP contribution is -2.10. The lowest BCUT2D eigenvalue weighted by Gasteiger charge is -2.26. The van der Waals surface area contributed by atoms with Crippen molar-refractivity contribution in [3.8, 4) is 22.5 Å². The smallest absolute Gasteiger partial charge is 0.0619 e. The molecule has 55 heavy (non-hydrogen) atoms. The minimum atomic E-state index is 1.09. The summed E-state index contributed by atoms with van der Waals surface area (Å²) in [5.41, 5.74) is 12.8. The lowest BCUT2D eigenvalue weighted by atomic mass is 10.0. The maximum Gasteiger partial charge on any atom is 0.0619 e. The van der Waals surface area contributed by atoms with Crippen molar-refractivity contribution in [3.63, 3.8) is 0 Å². The normalized spacial score (nSPS) is 11.6. The number of fused-ring (bicyclic) bond motifs is 8. The Morgan fingerprint density at radius 3 is 1.51 bits per heavy atom. The molecule has 3 heteroatoms. The Morgan fingerprint density at radius 1 is 0.291 bits per heavy atom. The zero-order chi connectivity index (χ0) is 36.3. The van der Waals surface area contributed by atoms with Crippen LogP contribution in [0.5, 0.6) is 0 Å². The molecule has 0 aliphatic heterocycles. The molecule has 0 atom stereocenters. The van der Waals surface area contributed by atoms with Crippen molar-refractivity contribution in [2.45, 2.75) is 0 Å². The van der Waals surface area contributed by atoms with Crippen LogP contribution in [0, 0.1) is 0 Å². The molecule has 0 aliphatic carbocycles. The van der Waals surface area contributed by atoms with Crippen LogP contribution in [0.25, 0.3) is 76.9 Å². The van der Waals surface area contributed by atoms with Gasteiger partial charge in [0, 0.05) is 55.4 Å². The molecular formula is C52H35N3. The fourth-order valence-electron chi connectivity index (χ4n) is 8.58. The first-order valence-corrected chi connectivity index (χ1v) is 18.9. The van der Waals surface area contributed by atoms with Gasteiger partial charge < -0.3 is 14.0 Å². The highest BCUT2D eigenvalue weighted by Gasteiger charge is 2.19. The molecule has 0 unspecified atom stereocenters. The predicted molar refractivity (Wildman–Crippen MR) is 233 cm³/mol. The molecule has 11 aromatic rings. The molecule has 0 N–H and O–H groups in total. The minimum Gasteiger partial charge on any atom is -0.310 e. The van der Waals surface area contributed by atoms with Crippen molar-refractivity contribution in [1.82, 2.24) is 9.13 Å². The summed E-state index contributed by atoms with van der Waals surface area (Å²) in [5.74, 6) is 0. The van der Waals surface area contributed by atoms with Crippen LogP contribution in [-0.2, 0) is 0 Å². The van der Waals surface area contributed by atoms with Gasteiger partial charge in [-0.05, 0) is 89.3 Å². The molecule has 0 bridgehead atoms. The topological polar surface area (TPSA) is 13.1 Å². The van der Waals surface area contributed by atoms with Crippen LogP contribution in [0.1, 0.15) is 0 Å². The Bertz CT molecular complexity index is 3170. The second-order valence-electron chi connectivity index (χ2n) is 14.2. The molecule has 0 saturated heterocycles. The molecule has 0 radical (unpaired) electrons. The first-order valence-electron chi connectivity index (χ1n) is 18.9. The first kappa shape index (κ1) is 31.2. The van der Waals surface area contributed by atoms with Gasteiger partial charge in [-0.2, -0.15) is 0 Å². The molecule has 0 saturated carbocycles. The number of anilines is 3. The molecule has 258 valence electrons. The SMILES string of the molecule is c1ccc(-c2ccc(N(c3ccc(-n4c5ccccc5c5ccc6ccccc6c54)cc3)c3ccc4c5ccccc5n(-c5ccccc5)c4c3)cc2)cc1. The summed E-state index contributed by atoms with van der Waals surface area (Å²) in [4.78, 5) is 2.38. The van der Waals surface area contributed by atoms with Crippen molar-refractivity contribution in [2.75, 3.05) is 4.90 Å². The van der Waals surface area contributed by atoms with Crippen LogP contribution in [0.15, 0.2) is 212 Å². The monoisotopic (exact) mass is 701 g/mol. The predicted octanol–water partition coefficient (Wildman–Crippen LogP) is 14.2. The molecule has 0 fully saturated rings. The van der Waals surface area contributed by atoms with E-state index in [9.17, 15) is 0 Å². The summed E-state index contributed by atoms with van der Waals surface area (Å²) in [6.45, 7) is 0. The number of para-hydroxylation sites is 3. The summed E-state index contributed by atoms with van der Waals surface area (Å²) in [6, 6.07) is 76.9. The van der Waals surface area contributed by atoms with Gasteiger partial charge in [-0.25, -0.2) is 0 Å². The van der Waals surface area contributed by atoms with E-state index in [0.29, 0.717) is 0 Å². The van der Waals surface area contributed by atoms with Crippen LogP contribution in [0.4, 0.5) is 17.1 Å². The van der Waals surface area contributed by atoms with E-state index in [4.69, 9.17) is 0 Å². The minimum absolute atomic E-state index is 1.09. The third kappa shape index (κ3) is 5.05. The van der Waals surface area contributed by atoms with Gasteiger partial charge in [0.2, 0.25) is 0 Å². The number of rotatable bonds is 6. The molecule has 0 aliphatic rings. The Balaban J connectivity index is 1.11. The standard InChI is InChI=1S/C52H35N3/c1-3-13-36(14-4-1)37-23-26-40(27-24-37)53(43-32-34-47-45-19-9-11-21-49(45)54(51(47)35-43)39-16-5-2-6-17-39)41-28-30-42(31-29-41)55-50-22-12-10-20-46(50)48-33-25-38-15-7-8-18-44(38)52(48)55/h1-35H. The number of aromatic nitrogens is 2. The van der Waals surface area contributed by atoms with Crippen LogP contribution in [0.2, 0.25) is 0 Å². The molecule has 11 rings (SSSR count). The second-order valence-corrected chi connectivity index (χ2v) is 14.2. The van der Waals surface area contributed by atoms with E-state index < -0.39 is 0 Å². The van der Waals surface area contributed by atoms with E-state index in [1.165, 1.54) is 65.5 Å². The molecule has 9 aromatic carbocycles. The number of hydrogen-bond acceptors (Lipinski definition) is 1. The van der Waals surface area contributed by atoms with Gasteiger partial charge >= 0.3 is 0 Å². The van der Waals surface area contributed by atoms with E-state index in [0.717, 1.165) is 28.4 Å². The fraction of sp³-hybridized carbons (Fsp3) is 0. The first-order chi connectivity index (χ1) is 27.3. The van der Waals surface area contributed by atoms with Gasteiger partial charge in [-0.3, -0.25) is 0 Å².